The molecule has 0 aliphatic carbocycles. The molecule has 0 amide bonds. The van der Waals surface area contributed by atoms with Crippen LogP contribution in [0, 0.1) is 5.92 Å². The van der Waals surface area contributed by atoms with E-state index in [-0.39, 0.29) is 12.3 Å². The molecule has 0 aromatic heterocycles. The van der Waals surface area contributed by atoms with E-state index in [4.69, 9.17) is 5.11 Å². The maximum absolute atomic E-state index is 11.1. The Morgan fingerprint density at radius 2 is 2.20 bits per heavy atom. The molecule has 0 saturated heterocycles. The molecule has 88 valence electrons. The highest BCUT2D eigenvalue weighted by molar-refractivity contribution is 7.89. The standard InChI is InChI=1S/C9H17NO4S/c1-3-7-15(13,14)10-6-4-5-8(2)9(11)12/h3,8,10H,1,4-7H2,2H3,(H,11,12). The molecule has 0 aromatic rings. The van der Waals surface area contributed by atoms with Crippen molar-refractivity contribution in [3.8, 4) is 0 Å². The highest BCUT2D eigenvalue weighted by Crippen LogP contribution is 2.04. The summed E-state index contributed by atoms with van der Waals surface area (Å²) in [7, 11) is -3.27. The largest absolute Gasteiger partial charge is 0.481 e. The SMILES string of the molecule is C=CCS(=O)(=O)NCCCC(C)C(=O)O. The van der Waals surface area contributed by atoms with Gasteiger partial charge in [-0.3, -0.25) is 4.79 Å². The molecular formula is C9H17NO4S. The van der Waals surface area contributed by atoms with Crippen LogP contribution in [0.3, 0.4) is 0 Å². The molecule has 1 atom stereocenters. The third-order valence-electron chi connectivity index (χ3n) is 1.89. The molecule has 0 aromatic carbocycles. The number of carbonyl (C=O) groups is 1. The summed E-state index contributed by atoms with van der Waals surface area (Å²) in [5.41, 5.74) is 0. The number of sulfonamides is 1. The zero-order valence-electron chi connectivity index (χ0n) is 8.77. The lowest BCUT2D eigenvalue weighted by Crippen LogP contribution is -2.27. The van der Waals surface area contributed by atoms with E-state index < -0.39 is 21.9 Å². The summed E-state index contributed by atoms with van der Waals surface area (Å²) in [6, 6.07) is 0. The van der Waals surface area contributed by atoms with Crippen LogP contribution in [-0.4, -0.2) is 31.8 Å². The maximum Gasteiger partial charge on any atom is 0.306 e. The Hall–Kier alpha value is -0.880. The molecule has 0 aliphatic rings. The van der Waals surface area contributed by atoms with Gasteiger partial charge in [0.2, 0.25) is 10.0 Å². The van der Waals surface area contributed by atoms with Crippen molar-refractivity contribution in [1.82, 2.24) is 4.72 Å². The van der Waals surface area contributed by atoms with Gasteiger partial charge in [0, 0.05) is 6.54 Å². The average molecular weight is 235 g/mol. The van der Waals surface area contributed by atoms with Gasteiger partial charge in [0.05, 0.1) is 11.7 Å². The molecule has 0 radical (unpaired) electrons. The molecule has 0 aliphatic heterocycles. The minimum absolute atomic E-state index is 0.110. The van der Waals surface area contributed by atoms with Crippen LogP contribution in [0.2, 0.25) is 0 Å². The van der Waals surface area contributed by atoms with Crippen LogP contribution in [-0.2, 0) is 14.8 Å². The first-order valence-electron chi connectivity index (χ1n) is 4.70. The number of nitrogens with one attached hydrogen (secondary N) is 1. The van der Waals surface area contributed by atoms with Crippen molar-refractivity contribution in [3.05, 3.63) is 12.7 Å². The zero-order chi connectivity index (χ0) is 11.9. The predicted octanol–water partition coefficient (Wildman–Crippen LogP) is 0.593. The van der Waals surface area contributed by atoms with Crippen molar-refractivity contribution in [2.24, 2.45) is 5.92 Å². The fraction of sp³-hybridized carbons (Fsp3) is 0.667. The van der Waals surface area contributed by atoms with E-state index in [0.717, 1.165) is 0 Å². The van der Waals surface area contributed by atoms with Gasteiger partial charge >= 0.3 is 5.97 Å². The van der Waals surface area contributed by atoms with E-state index in [9.17, 15) is 13.2 Å². The number of hydrogen-bond donors (Lipinski definition) is 2. The lowest BCUT2D eigenvalue weighted by atomic mass is 10.1. The van der Waals surface area contributed by atoms with E-state index in [2.05, 4.69) is 11.3 Å². The summed E-state index contributed by atoms with van der Waals surface area (Å²) in [6.45, 7) is 5.20. The molecule has 0 spiro atoms. The van der Waals surface area contributed by atoms with E-state index in [1.807, 2.05) is 0 Å². The normalized spacial score (nSPS) is 13.4. The van der Waals surface area contributed by atoms with E-state index in [1.54, 1.807) is 6.92 Å². The summed E-state index contributed by atoms with van der Waals surface area (Å²) in [6.07, 6.45) is 2.29. The smallest absolute Gasteiger partial charge is 0.306 e. The summed E-state index contributed by atoms with van der Waals surface area (Å²) >= 11 is 0. The molecule has 0 heterocycles. The minimum atomic E-state index is -3.27. The van der Waals surface area contributed by atoms with Gasteiger partial charge in [-0.2, -0.15) is 0 Å². The molecular weight excluding hydrogens is 218 g/mol. The summed E-state index contributed by atoms with van der Waals surface area (Å²) in [5, 5.41) is 8.57. The highest BCUT2D eigenvalue weighted by Gasteiger charge is 2.11. The molecule has 5 nitrogen and oxygen atoms in total. The van der Waals surface area contributed by atoms with Crippen molar-refractivity contribution >= 4 is 16.0 Å². The Kier molecular flexibility index (Phi) is 6.19. The Morgan fingerprint density at radius 3 is 2.67 bits per heavy atom. The lowest BCUT2D eigenvalue weighted by Gasteiger charge is -2.06. The Bertz CT molecular complexity index is 310. The maximum atomic E-state index is 11.1. The van der Waals surface area contributed by atoms with Gasteiger partial charge in [0.1, 0.15) is 0 Å². The average Bonchev–Trinajstić information content (AvgIpc) is 2.11. The fourth-order valence-corrected chi connectivity index (χ4v) is 1.86. The van der Waals surface area contributed by atoms with Crippen LogP contribution < -0.4 is 4.72 Å². The van der Waals surface area contributed by atoms with Gasteiger partial charge in [-0.25, -0.2) is 13.1 Å². The molecule has 0 bridgehead atoms. The molecule has 0 rings (SSSR count). The summed E-state index contributed by atoms with van der Waals surface area (Å²) < 4.78 is 24.6. The Balaban J connectivity index is 3.72. The van der Waals surface area contributed by atoms with Crippen molar-refractivity contribution in [2.45, 2.75) is 19.8 Å². The molecule has 1 unspecified atom stereocenters. The second-order valence-electron chi connectivity index (χ2n) is 3.35. The first-order chi connectivity index (χ1) is 6.89. The number of hydrogen-bond acceptors (Lipinski definition) is 3. The number of aliphatic carboxylic acids is 1. The third-order valence-corrected chi connectivity index (χ3v) is 3.21. The van der Waals surface area contributed by atoms with Gasteiger partial charge < -0.3 is 5.11 Å². The van der Waals surface area contributed by atoms with Crippen LogP contribution in [0.25, 0.3) is 0 Å². The summed E-state index contributed by atoms with van der Waals surface area (Å²) in [5.74, 6) is -1.40. The minimum Gasteiger partial charge on any atom is -0.481 e. The van der Waals surface area contributed by atoms with Crippen LogP contribution in [0.4, 0.5) is 0 Å². The monoisotopic (exact) mass is 235 g/mol. The van der Waals surface area contributed by atoms with E-state index in [0.29, 0.717) is 12.8 Å². The number of carboxylic acids is 1. The van der Waals surface area contributed by atoms with Gasteiger partial charge in [0.25, 0.3) is 0 Å². The van der Waals surface area contributed by atoms with Crippen molar-refractivity contribution in [1.29, 1.82) is 0 Å². The van der Waals surface area contributed by atoms with Crippen molar-refractivity contribution in [3.63, 3.8) is 0 Å². The van der Waals surface area contributed by atoms with E-state index in [1.165, 1.54) is 6.08 Å². The van der Waals surface area contributed by atoms with Crippen LogP contribution >= 0.6 is 0 Å². The van der Waals surface area contributed by atoms with E-state index >= 15 is 0 Å². The molecule has 0 fully saturated rings. The zero-order valence-corrected chi connectivity index (χ0v) is 9.59. The third kappa shape index (κ3) is 7.10. The Labute approximate surface area is 90.2 Å². The van der Waals surface area contributed by atoms with Crippen LogP contribution in [0.1, 0.15) is 19.8 Å². The number of carboxylic acid groups (broad SMARTS) is 1. The fourth-order valence-electron chi connectivity index (χ4n) is 0.973. The lowest BCUT2D eigenvalue weighted by molar-refractivity contribution is -0.141. The highest BCUT2D eigenvalue weighted by atomic mass is 32.2. The van der Waals surface area contributed by atoms with Gasteiger partial charge in [-0.05, 0) is 12.8 Å². The quantitative estimate of drug-likeness (QED) is 0.476. The van der Waals surface area contributed by atoms with Crippen molar-refractivity contribution in [2.75, 3.05) is 12.3 Å². The second kappa shape index (κ2) is 6.58. The Morgan fingerprint density at radius 1 is 1.60 bits per heavy atom. The van der Waals surface area contributed by atoms with Crippen LogP contribution in [0.15, 0.2) is 12.7 Å². The topological polar surface area (TPSA) is 83.5 Å². The summed E-state index contributed by atoms with van der Waals surface area (Å²) in [4.78, 5) is 10.4. The van der Waals surface area contributed by atoms with Gasteiger partial charge in [0.15, 0.2) is 0 Å². The first-order valence-corrected chi connectivity index (χ1v) is 6.35. The van der Waals surface area contributed by atoms with Gasteiger partial charge in [-0.15, -0.1) is 6.58 Å². The van der Waals surface area contributed by atoms with Crippen molar-refractivity contribution < 1.29 is 18.3 Å². The van der Waals surface area contributed by atoms with Crippen LogP contribution in [0.5, 0.6) is 0 Å². The molecule has 0 saturated carbocycles. The predicted molar refractivity (Wildman–Crippen MR) is 58.0 cm³/mol. The van der Waals surface area contributed by atoms with Gasteiger partial charge in [-0.1, -0.05) is 13.0 Å². The molecule has 15 heavy (non-hydrogen) atoms. The first kappa shape index (κ1) is 14.1. The molecule has 6 heteroatoms. The number of rotatable bonds is 8. The second-order valence-corrected chi connectivity index (χ2v) is 5.20. The molecule has 2 N–H and O–H groups in total.